The highest BCUT2D eigenvalue weighted by atomic mass is 35.5. The molecule has 0 spiro atoms. The molecule has 4 rings (SSSR count). The highest BCUT2D eigenvalue weighted by Crippen LogP contribution is 2.34. The molecule has 0 bridgehead atoms. The summed E-state index contributed by atoms with van der Waals surface area (Å²) in [7, 11) is 0. The van der Waals surface area contributed by atoms with Gasteiger partial charge in [0.15, 0.2) is 5.78 Å². The molecule has 1 aliphatic carbocycles. The van der Waals surface area contributed by atoms with Crippen molar-refractivity contribution in [2.75, 3.05) is 0 Å². The standard InChI is InChI=1S/C21H22ClN3O/c1-14(26)18-13-25(16-6-4-2-3-5-7-16)20-9-8-15(12-17(18)20)19-10-11-23-21(22)24-19/h8-13,16H,2-7H2,1H3. The van der Waals surface area contributed by atoms with Gasteiger partial charge in [0.2, 0.25) is 5.28 Å². The van der Waals surface area contributed by atoms with Gasteiger partial charge in [-0.3, -0.25) is 4.79 Å². The first kappa shape index (κ1) is 17.2. The fourth-order valence-electron chi connectivity index (χ4n) is 4.03. The van der Waals surface area contributed by atoms with Crippen LogP contribution in [0.15, 0.2) is 36.7 Å². The van der Waals surface area contributed by atoms with Crippen LogP contribution < -0.4 is 0 Å². The number of Topliss-reactive ketones (excluding diaryl/α,β-unsaturated/α-hetero) is 1. The zero-order valence-corrected chi connectivity index (χ0v) is 15.7. The lowest BCUT2D eigenvalue weighted by Crippen LogP contribution is -2.06. The van der Waals surface area contributed by atoms with Crippen LogP contribution >= 0.6 is 11.6 Å². The van der Waals surface area contributed by atoms with E-state index < -0.39 is 0 Å². The van der Waals surface area contributed by atoms with Crippen molar-refractivity contribution in [3.05, 3.63) is 47.5 Å². The van der Waals surface area contributed by atoms with Crippen molar-refractivity contribution in [2.45, 2.75) is 51.5 Å². The second kappa shape index (κ2) is 7.20. The molecule has 2 aromatic heterocycles. The number of rotatable bonds is 3. The predicted molar refractivity (Wildman–Crippen MR) is 105 cm³/mol. The quantitative estimate of drug-likeness (QED) is 0.331. The minimum atomic E-state index is 0.0974. The third kappa shape index (κ3) is 3.26. The van der Waals surface area contributed by atoms with E-state index in [4.69, 9.17) is 11.6 Å². The van der Waals surface area contributed by atoms with Gasteiger partial charge in [0.25, 0.3) is 0 Å². The number of carbonyl (C=O) groups excluding carboxylic acids is 1. The molecule has 0 atom stereocenters. The van der Waals surface area contributed by atoms with E-state index >= 15 is 0 Å². The number of halogens is 1. The van der Waals surface area contributed by atoms with Crippen LogP contribution in [-0.4, -0.2) is 20.3 Å². The summed E-state index contributed by atoms with van der Waals surface area (Å²) in [6, 6.07) is 8.53. The van der Waals surface area contributed by atoms with Gasteiger partial charge >= 0.3 is 0 Å². The Kier molecular flexibility index (Phi) is 4.77. The van der Waals surface area contributed by atoms with Crippen molar-refractivity contribution >= 4 is 28.3 Å². The molecule has 0 aliphatic heterocycles. The number of carbonyl (C=O) groups is 1. The molecule has 0 unspecified atom stereocenters. The maximum absolute atomic E-state index is 12.3. The highest BCUT2D eigenvalue weighted by molar-refractivity contribution is 6.28. The van der Waals surface area contributed by atoms with Crippen LogP contribution in [0.3, 0.4) is 0 Å². The molecule has 5 heteroatoms. The van der Waals surface area contributed by atoms with E-state index in [0.29, 0.717) is 6.04 Å². The average molecular weight is 368 g/mol. The number of hydrogen-bond donors (Lipinski definition) is 0. The average Bonchev–Trinajstić information content (AvgIpc) is 2.81. The summed E-state index contributed by atoms with van der Waals surface area (Å²) >= 11 is 5.94. The van der Waals surface area contributed by atoms with Gasteiger partial charge in [-0.25, -0.2) is 9.97 Å². The molecule has 1 saturated carbocycles. The molecule has 0 amide bonds. The zero-order valence-electron chi connectivity index (χ0n) is 14.9. The monoisotopic (exact) mass is 367 g/mol. The number of fused-ring (bicyclic) bond motifs is 1. The smallest absolute Gasteiger partial charge is 0.222 e. The van der Waals surface area contributed by atoms with Gasteiger partial charge in [-0.05, 0) is 49.6 Å². The SMILES string of the molecule is CC(=O)c1cn(C2CCCCCC2)c2ccc(-c3ccnc(Cl)n3)cc12. The van der Waals surface area contributed by atoms with E-state index in [1.54, 1.807) is 13.1 Å². The van der Waals surface area contributed by atoms with Gasteiger partial charge in [0.05, 0.1) is 5.69 Å². The molecule has 26 heavy (non-hydrogen) atoms. The van der Waals surface area contributed by atoms with Crippen molar-refractivity contribution in [2.24, 2.45) is 0 Å². The molecule has 0 radical (unpaired) electrons. The van der Waals surface area contributed by atoms with Gasteiger partial charge in [0, 0.05) is 40.5 Å². The minimum absolute atomic E-state index is 0.0974. The van der Waals surface area contributed by atoms with E-state index in [-0.39, 0.29) is 11.1 Å². The fraction of sp³-hybridized carbons (Fsp3) is 0.381. The van der Waals surface area contributed by atoms with Crippen LogP contribution in [0.1, 0.15) is 61.8 Å². The maximum Gasteiger partial charge on any atom is 0.222 e. The van der Waals surface area contributed by atoms with Crippen LogP contribution in [0.4, 0.5) is 0 Å². The third-order valence-corrected chi connectivity index (χ3v) is 5.53. The van der Waals surface area contributed by atoms with Gasteiger partial charge in [-0.2, -0.15) is 0 Å². The van der Waals surface area contributed by atoms with Gasteiger partial charge < -0.3 is 4.57 Å². The van der Waals surface area contributed by atoms with Crippen LogP contribution in [0.5, 0.6) is 0 Å². The normalized spacial score (nSPS) is 15.9. The fourth-order valence-corrected chi connectivity index (χ4v) is 4.18. The summed E-state index contributed by atoms with van der Waals surface area (Å²) in [4.78, 5) is 20.5. The molecule has 134 valence electrons. The maximum atomic E-state index is 12.3. The first-order valence-electron chi connectivity index (χ1n) is 9.28. The summed E-state index contributed by atoms with van der Waals surface area (Å²) in [6.45, 7) is 1.64. The first-order valence-corrected chi connectivity index (χ1v) is 9.66. The Labute approximate surface area is 158 Å². The molecule has 0 saturated heterocycles. The number of hydrogen-bond acceptors (Lipinski definition) is 3. The van der Waals surface area contributed by atoms with Crippen molar-refractivity contribution in [3.63, 3.8) is 0 Å². The summed E-state index contributed by atoms with van der Waals surface area (Å²) in [5.74, 6) is 0.0974. The highest BCUT2D eigenvalue weighted by Gasteiger charge is 2.20. The Morgan fingerprint density at radius 2 is 1.92 bits per heavy atom. The molecule has 2 heterocycles. The summed E-state index contributed by atoms with van der Waals surface area (Å²) in [5, 5.41) is 1.22. The van der Waals surface area contributed by atoms with Gasteiger partial charge in [0.1, 0.15) is 0 Å². The van der Waals surface area contributed by atoms with Gasteiger partial charge in [-0.15, -0.1) is 0 Å². The lowest BCUT2D eigenvalue weighted by atomic mass is 10.0. The van der Waals surface area contributed by atoms with Crippen molar-refractivity contribution in [1.82, 2.24) is 14.5 Å². The zero-order chi connectivity index (χ0) is 18.1. The summed E-state index contributed by atoms with van der Waals surface area (Å²) in [5.41, 5.74) is 3.63. The molecular weight excluding hydrogens is 346 g/mol. The van der Waals surface area contributed by atoms with Crippen LogP contribution in [0.2, 0.25) is 5.28 Å². The van der Waals surface area contributed by atoms with E-state index in [9.17, 15) is 4.79 Å². The second-order valence-corrected chi connectivity index (χ2v) is 7.43. The van der Waals surface area contributed by atoms with E-state index in [0.717, 1.165) is 27.7 Å². The molecule has 0 N–H and O–H groups in total. The molecule has 1 fully saturated rings. The second-order valence-electron chi connectivity index (χ2n) is 7.09. The van der Waals surface area contributed by atoms with E-state index in [1.165, 1.54) is 38.5 Å². The number of nitrogens with zero attached hydrogens (tertiary/aromatic N) is 3. The predicted octanol–water partition coefficient (Wildman–Crippen LogP) is 5.85. The number of aromatic nitrogens is 3. The molecule has 3 aromatic rings. The number of ketones is 1. The molecular formula is C21H22ClN3O. The topological polar surface area (TPSA) is 47.8 Å². The molecule has 1 aromatic carbocycles. The van der Waals surface area contributed by atoms with E-state index in [2.05, 4.69) is 38.9 Å². The minimum Gasteiger partial charge on any atom is -0.344 e. The lowest BCUT2D eigenvalue weighted by Gasteiger charge is -2.18. The largest absolute Gasteiger partial charge is 0.344 e. The third-order valence-electron chi connectivity index (χ3n) is 5.35. The van der Waals surface area contributed by atoms with Crippen LogP contribution in [0.25, 0.3) is 22.2 Å². The molecule has 4 nitrogen and oxygen atoms in total. The van der Waals surface area contributed by atoms with Crippen LogP contribution in [-0.2, 0) is 0 Å². The van der Waals surface area contributed by atoms with Crippen molar-refractivity contribution < 1.29 is 4.79 Å². The van der Waals surface area contributed by atoms with Crippen molar-refractivity contribution in [3.8, 4) is 11.3 Å². The van der Waals surface area contributed by atoms with E-state index in [1.807, 2.05) is 6.07 Å². The first-order chi connectivity index (χ1) is 12.6. The van der Waals surface area contributed by atoms with Crippen molar-refractivity contribution in [1.29, 1.82) is 0 Å². The Morgan fingerprint density at radius 3 is 2.62 bits per heavy atom. The van der Waals surface area contributed by atoms with Gasteiger partial charge in [-0.1, -0.05) is 31.7 Å². The Balaban J connectivity index is 1.84. The Morgan fingerprint density at radius 1 is 1.15 bits per heavy atom. The summed E-state index contributed by atoms with van der Waals surface area (Å²) < 4.78 is 2.33. The Bertz CT molecular complexity index is 955. The number of benzene rings is 1. The van der Waals surface area contributed by atoms with Crippen LogP contribution in [0, 0.1) is 0 Å². The summed E-state index contributed by atoms with van der Waals surface area (Å²) in [6.07, 6.45) is 11.2. The molecule has 1 aliphatic rings. The lowest BCUT2D eigenvalue weighted by molar-refractivity contribution is 0.101. The Hall–Kier alpha value is -2.20.